The Labute approximate surface area is 121 Å². The van der Waals surface area contributed by atoms with E-state index in [9.17, 15) is 13.6 Å². The molecule has 1 atom stereocenters. The molecule has 0 radical (unpaired) electrons. The van der Waals surface area contributed by atoms with Gasteiger partial charge in [0, 0.05) is 18.6 Å². The molecule has 0 aromatic heterocycles. The number of ether oxygens (including phenoxy) is 2. The van der Waals surface area contributed by atoms with E-state index in [2.05, 4.69) is 10.1 Å². The van der Waals surface area contributed by atoms with Crippen molar-refractivity contribution in [1.29, 1.82) is 0 Å². The molecule has 0 aliphatic heterocycles. The Morgan fingerprint density at radius 3 is 2.50 bits per heavy atom. The fourth-order valence-electron chi connectivity index (χ4n) is 1.59. The third-order valence-electron chi connectivity index (χ3n) is 2.50. The van der Waals surface area contributed by atoms with E-state index in [0.29, 0.717) is 24.5 Å². The van der Waals surface area contributed by atoms with Crippen LogP contribution in [0.15, 0.2) is 24.3 Å². The van der Waals surface area contributed by atoms with E-state index < -0.39 is 6.61 Å². The summed E-state index contributed by atoms with van der Waals surface area (Å²) in [5.74, 6) is 0.0849. The number of amides is 1. The second-order valence-electron chi connectivity index (χ2n) is 4.01. The molecule has 1 rings (SSSR count). The highest BCUT2D eigenvalue weighted by atomic mass is 35.5. The monoisotopic (exact) mass is 307 g/mol. The third kappa shape index (κ3) is 5.71. The van der Waals surface area contributed by atoms with Crippen molar-refractivity contribution in [1.82, 2.24) is 5.32 Å². The lowest BCUT2D eigenvalue weighted by Crippen LogP contribution is -2.38. The van der Waals surface area contributed by atoms with Crippen LogP contribution in [-0.2, 0) is 4.74 Å². The van der Waals surface area contributed by atoms with Gasteiger partial charge in [-0.3, -0.25) is 4.79 Å². The van der Waals surface area contributed by atoms with Gasteiger partial charge in [-0.25, -0.2) is 0 Å². The topological polar surface area (TPSA) is 47.6 Å². The summed E-state index contributed by atoms with van der Waals surface area (Å²) in [5.41, 5.74) is 0.349. The molecule has 112 valence electrons. The summed E-state index contributed by atoms with van der Waals surface area (Å²) in [7, 11) is 1.53. The molecule has 1 N–H and O–H groups in total. The number of carbonyl (C=O) groups excluding carboxylic acids is 1. The highest BCUT2D eigenvalue weighted by Gasteiger charge is 2.13. The zero-order valence-corrected chi connectivity index (χ0v) is 11.7. The van der Waals surface area contributed by atoms with Gasteiger partial charge in [0.1, 0.15) is 5.75 Å². The van der Waals surface area contributed by atoms with Gasteiger partial charge in [0.2, 0.25) is 0 Å². The van der Waals surface area contributed by atoms with Gasteiger partial charge in [-0.1, -0.05) is 0 Å². The highest BCUT2D eigenvalue weighted by Crippen LogP contribution is 2.15. The number of benzene rings is 1. The van der Waals surface area contributed by atoms with Crippen LogP contribution in [0, 0.1) is 0 Å². The fraction of sp³-hybridized carbons (Fsp3) is 0.462. The van der Waals surface area contributed by atoms with Crippen LogP contribution in [0.1, 0.15) is 16.8 Å². The molecule has 0 aliphatic rings. The molecule has 20 heavy (non-hydrogen) atoms. The molecule has 1 unspecified atom stereocenters. The summed E-state index contributed by atoms with van der Waals surface area (Å²) >= 11 is 5.64. The molecule has 0 saturated heterocycles. The van der Waals surface area contributed by atoms with Crippen molar-refractivity contribution in [2.45, 2.75) is 19.1 Å². The third-order valence-corrected chi connectivity index (χ3v) is 2.72. The molecule has 0 saturated carbocycles. The number of hydrogen-bond acceptors (Lipinski definition) is 3. The van der Waals surface area contributed by atoms with E-state index in [0.717, 1.165) is 0 Å². The van der Waals surface area contributed by atoms with Crippen LogP contribution in [0.2, 0.25) is 0 Å². The Morgan fingerprint density at radius 1 is 1.35 bits per heavy atom. The van der Waals surface area contributed by atoms with Gasteiger partial charge < -0.3 is 14.8 Å². The van der Waals surface area contributed by atoms with Crippen molar-refractivity contribution in [2.24, 2.45) is 0 Å². The number of alkyl halides is 3. The number of carbonyl (C=O) groups is 1. The second-order valence-corrected chi connectivity index (χ2v) is 4.38. The Bertz CT molecular complexity index is 409. The van der Waals surface area contributed by atoms with Crippen molar-refractivity contribution in [3.63, 3.8) is 0 Å². The predicted octanol–water partition coefficient (Wildman–Crippen LogP) is 2.66. The van der Waals surface area contributed by atoms with Crippen molar-refractivity contribution < 1.29 is 23.0 Å². The average molecular weight is 308 g/mol. The quantitative estimate of drug-likeness (QED) is 0.751. The minimum Gasteiger partial charge on any atom is -0.435 e. The van der Waals surface area contributed by atoms with Gasteiger partial charge >= 0.3 is 6.61 Å². The Kier molecular flexibility index (Phi) is 7.25. The lowest BCUT2D eigenvalue weighted by atomic mass is 10.1. The predicted molar refractivity (Wildman–Crippen MR) is 71.5 cm³/mol. The summed E-state index contributed by atoms with van der Waals surface area (Å²) in [5, 5.41) is 2.76. The Hall–Kier alpha value is -1.40. The van der Waals surface area contributed by atoms with Crippen molar-refractivity contribution in [3.05, 3.63) is 29.8 Å². The maximum Gasteiger partial charge on any atom is 0.387 e. The van der Waals surface area contributed by atoms with Crippen molar-refractivity contribution >= 4 is 17.5 Å². The lowest BCUT2D eigenvalue weighted by Gasteiger charge is -2.16. The first-order chi connectivity index (χ1) is 9.56. The van der Waals surface area contributed by atoms with E-state index in [1.165, 1.54) is 31.4 Å². The number of halogens is 3. The number of methoxy groups -OCH3 is 1. The standard InChI is InChI=1S/C13H16ClF2NO3/c1-19-8-10(6-7-14)17-12(18)9-2-4-11(5-3-9)20-13(15)16/h2-5,10,13H,6-8H2,1H3,(H,17,18). The summed E-state index contributed by atoms with van der Waals surface area (Å²) < 4.78 is 33.2. The molecule has 1 amide bonds. The molecule has 0 bridgehead atoms. The van der Waals surface area contributed by atoms with Crippen molar-refractivity contribution in [2.75, 3.05) is 19.6 Å². The van der Waals surface area contributed by atoms with Crippen LogP contribution < -0.4 is 10.1 Å². The largest absolute Gasteiger partial charge is 0.435 e. The molecule has 0 fully saturated rings. The molecule has 4 nitrogen and oxygen atoms in total. The lowest BCUT2D eigenvalue weighted by molar-refractivity contribution is -0.0498. The molecule has 1 aromatic rings. The van der Waals surface area contributed by atoms with Crippen LogP contribution in [0.5, 0.6) is 5.75 Å². The van der Waals surface area contributed by atoms with Crippen LogP contribution in [0.25, 0.3) is 0 Å². The van der Waals surface area contributed by atoms with E-state index in [4.69, 9.17) is 16.3 Å². The zero-order valence-electron chi connectivity index (χ0n) is 10.9. The minimum atomic E-state index is -2.88. The highest BCUT2D eigenvalue weighted by molar-refractivity contribution is 6.17. The van der Waals surface area contributed by atoms with E-state index in [1.54, 1.807) is 0 Å². The smallest absolute Gasteiger partial charge is 0.387 e. The first kappa shape index (κ1) is 16.7. The van der Waals surface area contributed by atoms with Gasteiger partial charge in [-0.15, -0.1) is 11.6 Å². The van der Waals surface area contributed by atoms with Gasteiger partial charge in [0.15, 0.2) is 0 Å². The van der Waals surface area contributed by atoms with Crippen molar-refractivity contribution in [3.8, 4) is 5.75 Å². The van der Waals surface area contributed by atoms with Gasteiger partial charge in [0.05, 0.1) is 12.6 Å². The molecule has 0 aliphatic carbocycles. The van der Waals surface area contributed by atoms with E-state index >= 15 is 0 Å². The number of nitrogens with one attached hydrogen (secondary N) is 1. The summed E-state index contributed by atoms with van der Waals surface area (Å²) in [6, 6.07) is 5.26. The summed E-state index contributed by atoms with van der Waals surface area (Å²) in [4.78, 5) is 11.9. The number of rotatable bonds is 8. The number of hydrogen-bond donors (Lipinski definition) is 1. The SMILES string of the molecule is COCC(CCCl)NC(=O)c1ccc(OC(F)F)cc1. The van der Waals surface area contributed by atoms with E-state index in [1.807, 2.05) is 0 Å². The maximum atomic E-state index is 12.0. The van der Waals surface area contributed by atoms with Gasteiger partial charge in [0.25, 0.3) is 5.91 Å². The summed E-state index contributed by atoms with van der Waals surface area (Å²) in [6.07, 6.45) is 0.577. The minimum absolute atomic E-state index is 0.00532. The second kappa shape index (κ2) is 8.71. The molecule has 7 heteroatoms. The van der Waals surface area contributed by atoms with Crippen LogP contribution in [0.3, 0.4) is 0 Å². The van der Waals surface area contributed by atoms with E-state index in [-0.39, 0.29) is 17.7 Å². The van der Waals surface area contributed by atoms with Crippen LogP contribution in [0.4, 0.5) is 8.78 Å². The zero-order chi connectivity index (χ0) is 15.0. The van der Waals surface area contributed by atoms with Gasteiger partial charge in [-0.05, 0) is 30.7 Å². The average Bonchev–Trinajstić information content (AvgIpc) is 2.39. The Balaban J connectivity index is 2.62. The first-order valence-corrected chi connectivity index (χ1v) is 6.51. The fourth-order valence-corrected chi connectivity index (χ4v) is 1.85. The normalized spacial score (nSPS) is 12.2. The Morgan fingerprint density at radius 2 is 2.00 bits per heavy atom. The van der Waals surface area contributed by atoms with Gasteiger partial charge in [-0.2, -0.15) is 8.78 Å². The molecule has 0 heterocycles. The van der Waals surface area contributed by atoms with Crippen LogP contribution in [-0.4, -0.2) is 38.2 Å². The summed E-state index contributed by atoms with van der Waals surface area (Å²) in [6.45, 7) is -2.53. The molecule has 0 spiro atoms. The molecular weight excluding hydrogens is 292 g/mol. The maximum absolute atomic E-state index is 12.0. The molecule has 1 aromatic carbocycles. The first-order valence-electron chi connectivity index (χ1n) is 5.97. The van der Waals surface area contributed by atoms with Crippen LogP contribution >= 0.6 is 11.6 Å². The molecular formula is C13H16ClF2NO3.